The predicted octanol–water partition coefficient (Wildman–Crippen LogP) is 3.22. The van der Waals surface area contributed by atoms with Crippen molar-refractivity contribution >= 4 is 21.8 Å². The van der Waals surface area contributed by atoms with Crippen LogP contribution in [-0.2, 0) is 11.3 Å². The van der Waals surface area contributed by atoms with Gasteiger partial charge in [0.05, 0.1) is 0 Å². The Morgan fingerprint density at radius 3 is 2.58 bits per heavy atom. The van der Waals surface area contributed by atoms with Gasteiger partial charge in [0.2, 0.25) is 5.91 Å². The quantitative estimate of drug-likeness (QED) is 0.872. The van der Waals surface area contributed by atoms with Gasteiger partial charge in [0, 0.05) is 23.5 Å². The number of amides is 1. The molecule has 0 bridgehead atoms. The lowest BCUT2D eigenvalue weighted by Crippen LogP contribution is -2.34. The van der Waals surface area contributed by atoms with Gasteiger partial charge in [0.15, 0.2) is 0 Å². The van der Waals surface area contributed by atoms with Crippen LogP contribution in [0.15, 0.2) is 28.7 Å². The molecule has 106 valence electrons. The summed E-state index contributed by atoms with van der Waals surface area (Å²) in [4.78, 5) is 11.8. The van der Waals surface area contributed by atoms with Crippen LogP contribution in [0.5, 0.6) is 0 Å². The van der Waals surface area contributed by atoms with E-state index in [2.05, 4.69) is 42.0 Å². The average molecular weight is 327 g/mol. The van der Waals surface area contributed by atoms with Gasteiger partial charge in [-0.05, 0) is 23.5 Å². The van der Waals surface area contributed by atoms with Gasteiger partial charge in [-0.1, -0.05) is 54.9 Å². The van der Waals surface area contributed by atoms with Crippen molar-refractivity contribution in [2.45, 2.75) is 46.2 Å². The van der Waals surface area contributed by atoms with E-state index in [1.54, 1.807) is 0 Å². The molecule has 1 atom stereocenters. The summed E-state index contributed by atoms with van der Waals surface area (Å²) in [5.74, 6) is 0.00695. The minimum absolute atomic E-state index is 0.00695. The van der Waals surface area contributed by atoms with E-state index < -0.39 is 0 Å². The summed E-state index contributed by atoms with van der Waals surface area (Å²) >= 11 is 3.46. The minimum atomic E-state index is -0.0841. The first-order valence-electron chi connectivity index (χ1n) is 6.53. The van der Waals surface area contributed by atoms with Crippen molar-refractivity contribution in [3.63, 3.8) is 0 Å². The Hall–Kier alpha value is -0.870. The Balaban J connectivity index is 2.38. The zero-order valence-corrected chi connectivity index (χ0v) is 13.5. The van der Waals surface area contributed by atoms with Crippen molar-refractivity contribution in [3.8, 4) is 0 Å². The minimum Gasteiger partial charge on any atom is -0.352 e. The molecule has 0 aliphatic heterocycles. The van der Waals surface area contributed by atoms with E-state index in [1.165, 1.54) is 0 Å². The van der Waals surface area contributed by atoms with E-state index in [1.807, 2.05) is 24.3 Å². The highest BCUT2D eigenvalue weighted by molar-refractivity contribution is 9.10. The van der Waals surface area contributed by atoms with Crippen molar-refractivity contribution in [1.82, 2.24) is 5.32 Å². The lowest BCUT2D eigenvalue weighted by atomic mass is 9.87. The van der Waals surface area contributed by atoms with E-state index in [9.17, 15) is 4.79 Å². The number of nitrogens with one attached hydrogen (secondary N) is 1. The van der Waals surface area contributed by atoms with Crippen molar-refractivity contribution < 1.29 is 4.79 Å². The third kappa shape index (κ3) is 6.73. The fraction of sp³-hybridized carbons (Fsp3) is 0.533. The highest BCUT2D eigenvalue weighted by atomic mass is 79.9. The summed E-state index contributed by atoms with van der Waals surface area (Å²) in [6, 6.07) is 7.78. The smallest absolute Gasteiger partial charge is 0.221 e. The highest BCUT2D eigenvalue weighted by Crippen LogP contribution is 2.21. The zero-order chi connectivity index (χ0) is 14.5. The molecule has 0 aliphatic rings. The first-order chi connectivity index (χ1) is 8.78. The SMILES string of the molecule is CC(C)(C)CC(N)CC(=O)NCc1ccccc1Br. The number of rotatable bonds is 5. The molecule has 0 fully saturated rings. The monoisotopic (exact) mass is 326 g/mol. The molecular weight excluding hydrogens is 304 g/mol. The Bertz CT molecular complexity index is 426. The third-order valence-electron chi connectivity index (χ3n) is 2.76. The van der Waals surface area contributed by atoms with Gasteiger partial charge in [0.1, 0.15) is 0 Å². The van der Waals surface area contributed by atoms with Gasteiger partial charge in [-0.15, -0.1) is 0 Å². The van der Waals surface area contributed by atoms with Gasteiger partial charge in [0.25, 0.3) is 0 Å². The molecule has 0 aromatic heterocycles. The molecule has 0 spiro atoms. The maximum atomic E-state index is 11.8. The van der Waals surface area contributed by atoms with Crippen molar-refractivity contribution in [3.05, 3.63) is 34.3 Å². The maximum absolute atomic E-state index is 11.8. The van der Waals surface area contributed by atoms with Crippen LogP contribution in [0, 0.1) is 5.41 Å². The second kappa shape index (κ2) is 7.06. The van der Waals surface area contributed by atoms with Gasteiger partial charge >= 0.3 is 0 Å². The van der Waals surface area contributed by atoms with Gasteiger partial charge in [-0.25, -0.2) is 0 Å². The Kier molecular flexibility index (Phi) is 6.01. The molecule has 19 heavy (non-hydrogen) atoms. The number of carbonyl (C=O) groups excluding carboxylic acids is 1. The third-order valence-corrected chi connectivity index (χ3v) is 3.53. The van der Waals surface area contributed by atoms with Gasteiger partial charge in [-0.2, -0.15) is 0 Å². The van der Waals surface area contributed by atoms with E-state index in [-0.39, 0.29) is 17.4 Å². The number of hydrogen-bond donors (Lipinski definition) is 2. The molecule has 1 unspecified atom stereocenters. The van der Waals surface area contributed by atoms with E-state index in [4.69, 9.17) is 5.73 Å². The molecular formula is C15H23BrN2O. The summed E-state index contributed by atoms with van der Waals surface area (Å²) in [7, 11) is 0. The van der Waals surface area contributed by atoms with Crippen molar-refractivity contribution in [1.29, 1.82) is 0 Å². The largest absolute Gasteiger partial charge is 0.352 e. The summed E-state index contributed by atoms with van der Waals surface area (Å²) in [5, 5.41) is 2.91. The first kappa shape index (κ1) is 16.2. The molecule has 3 nitrogen and oxygen atoms in total. The lowest BCUT2D eigenvalue weighted by Gasteiger charge is -2.22. The molecule has 0 aliphatic carbocycles. The summed E-state index contributed by atoms with van der Waals surface area (Å²) in [5.41, 5.74) is 7.21. The normalized spacial score (nSPS) is 13.1. The topological polar surface area (TPSA) is 55.1 Å². The summed E-state index contributed by atoms with van der Waals surface area (Å²) in [6.07, 6.45) is 1.22. The molecule has 3 N–H and O–H groups in total. The maximum Gasteiger partial charge on any atom is 0.221 e. The summed E-state index contributed by atoms with van der Waals surface area (Å²) < 4.78 is 1.01. The predicted molar refractivity (Wildman–Crippen MR) is 82.7 cm³/mol. The Labute approximate surface area is 124 Å². The number of halogens is 1. The molecule has 0 radical (unpaired) electrons. The molecule has 0 saturated carbocycles. The van der Waals surface area contributed by atoms with E-state index in [0.29, 0.717) is 13.0 Å². The van der Waals surface area contributed by atoms with E-state index in [0.717, 1.165) is 16.5 Å². The fourth-order valence-corrected chi connectivity index (χ4v) is 2.43. The van der Waals surface area contributed by atoms with Gasteiger partial charge in [-0.3, -0.25) is 4.79 Å². The Morgan fingerprint density at radius 1 is 1.37 bits per heavy atom. The van der Waals surface area contributed by atoms with Gasteiger partial charge < -0.3 is 11.1 Å². The van der Waals surface area contributed by atoms with Crippen LogP contribution >= 0.6 is 15.9 Å². The average Bonchev–Trinajstić information content (AvgIpc) is 2.25. The van der Waals surface area contributed by atoms with Crippen molar-refractivity contribution in [2.75, 3.05) is 0 Å². The fourth-order valence-electron chi connectivity index (χ4n) is 2.00. The zero-order valence-electron chi connectivity index (χ0n) is 11.9. The molecule has 0 saturated heterocycles. The lowest BCUT2D eigenvalue weighted by molar-refractivity contribution is -0.121. The van der Waals surface area contributed by atoms with Crippen LogP contribution in [-0.4, -0.2) is 11.9 Å². The van der Waals surface area contributed by atoms with Crippen LogP contribution in [0.2, 0.25) is 0 Å². The first-order valence-corrected chi connectivity index (χ1v) is 7.33. The van der Waals surface area contributed by atoms with Crippen LogP contribution in [0.1, 0.15) is 39.2 Å². The second-order valence-electron chi connectivity index (χ2n) is 6.10. The molecule has 0 heterocycles. The number of hydrogen-bond acceptors (Lipinski definition) is 2. The van der Waals surface area contributed by atoms with Crippen molar-refractivity contribution in [2.24, 2.45) is 11.1 Å². The summed E-state index contributed by atoms with van der Waals surface area (Å²) in [6.45, 7) is 6.92. The number of carbonyl (C=O) groups is 1. The molecule has 1 aromatic rings. The number of benzene rings is 1. The van der Waals surface area contributed by atoms with Crippen LogP contribution < -0.4 is 11.1 Å². The van der Waals surface area contributed by atoms with Crippen LogP contribution in [0.3, 0.4) is 0 Å². The van der Waals surface area contributed by atoms with Crippen LogP contribution in [0.4, 0.5) is 0 Å². The molecule has 1 aromatic carbocycles. The molecule has 1 rings (SSSR count). The van der Waals surface area contributed by atoms with E-state index >= 15 is 0 Å². The second-order valence-corrected chi connectivity index (χ2v) is 6.95. The number of nitrogens with two attached hydrogens (primary N) is 1. The standard InChI is InChI=1S/C15H23BrN2O/c1-15(2,3)9-12(17)8-14(19)18-10-11-6-4-5-7-13(11)16/h4-7,12H,8-10,17H2,1-3H3,(H,18,19). The highest BCUT2D eigenvalue weighted by Gasteiger charge is 2.18. The molecule has 4 heteroatoms. The Morgan fingerprint density at radius 2 is 2.00 bits per heavy atom. The molecule has 1 amide bonds. The van der Waals surface area contributed by atoms with Crippen LogP contribution in [0.25, 0.3) is 0 Å².